The summed E-state index contributed by atoms with van der Waals surface area (Å²) < 4.78 is 9.64. The summed E-state index contributed by atoms with van der Waals surface area (Å²) in [5.41, 5.74) is 1.23. The minimum atomic E-state index is -0.151. The van der Waals surface area contributed by atoms with Crippen LogP contribution in [-0.4, -0.2) is 25.9 Å². The van der Waals surface area contributed by atoms with Crippen LogP contribution in [0, 0.1) is 0 Å². The Morgan fingerprint density at radius 2 is 1.94 bits per heavy atom. The largest absolute Gasteiger partial charge is 0.497 e. The maximum absolute atomic E-state index is 10.9. The van der Waals surface area contributed by atoms with E-state index in [-0.39, 0.29) is 5.97 Å². The Morgan fingerprint density at radius 3 is 2.50 bits per heavy atom. The summed E-state index contributed by atoms with van der Waals surface area (Å²) in [5, 5.41) is 0. The SMILES string of the molecule is COC(=O)CCSCc1ccc(OC)cc1. The number of benzene rings is 1. The minimum absolute atomic E-state index is 0.151. The van der Waals surface area contributed by atoms with Gasteiger partial charge < -0.3 is 9.47 Å². The van der Waals surface area contributed by atoms with E-state index in [0.29, 0.717) is 6.42 Å². The van der Waals surface area contributed by atoms with E-state index in [2.05, 4.69) is 4.74 Å². The van der Waals surface area contributed by atoms with Gasteiger partial charge in [0.05, 0.1) is 20.6 Å². The van der Waals surface area contributed by atoms with E-state index in [0.717, 1.165) is 17.3 Å². The van der Waals surface area contributed by atoms with Gasteiger partial charge in [0.25, 0.3) is 0 Å². The smallest absolute Gasteiger partial charge is 0.306 e. The molecule has 0 spiro atoms. The van der Waals surface area contributed by atoms with Crippen molar-refractivity contribution in [1.82, 2.24) is 0 Å². The maximum Gasteiger partial charge on any atom is 0.306 e. The molecule has 3 nitrogen and oxygen atoms in total. The predicted molar refractivity (Wildman–Crippen MR) is 65.8 cm³/mol. The van der Waals surface area contributed by atoms with Crippen LogP contribution in [-0.2, 0) is 15.3 Å². The summed E-state index contributed by atoms with van der Waals surface area (Å²) in [7, 11) is 3.07. The highest BCUT2D eigenvalue weighted by Crippen LogP contribution is 2.16. The fourth-order valence-electron chi connectivity index (χ4n) is 1.17. The molecule has 4 heteroatoms. The Kier molecular flexibility index (Phi) is 5.78. The number of hydrogen-bond donors (Lipinski definition) is 0. The van der Waals surface area contributed by atoms with E-state index >= 15 is 0 Å². The molecule has 0 heterocycles. The lowest BCUT2D eigenvalue weighted by atomic mass is 10.2. The Hall–Kier alpha value is -1.16. The molecule has 0 aliphatic rings. The van der Waals surface area contributed by atoms with Crippen molar-refractivity contribution in [2.75, 3.05) is 20.0 Å². The molecule has 0 aliphatic heterocycles. The van der Waals surface area contributed by atoms with Gasteiger partial charge in [0.15, 0.2) is 0 Å². The number of esters is 1. The summed E-state index contributed by atoms with van der Waals surface area (Å²) in [4.78, 5) is 10.9. The third kappa shape index (κ3) is 4.57. The average Bonchev–Trinajstić information content (AvgIpc) is 2.35. The molecule has 1 rings (SSSR count). The second-order valence-corrected chi connectivity index (χ2v) is 4.33. The van der Waals surface area contributed by atoms with E-state index in [1.165, 1.54) is 12.7 Å². The summed E-state index contributed by atoms with van der Waals surface area (Å²) in [6, 6.07) is 7.94. The third-order valence-electron chi connectivity index (χ3n) is 2.11. The first kappa shape index (κ1) is 12.9. The lowest BCUT2D eigenvalue weighted by Gasteiger charge is -2.03. The molecule has 0 fully saturated rings. The standard InChI is InChI=1S/C12H16O3S/c1-14-11-5-3-10(4-6-11)9-16-8-7-12(13)15-2/h3-6H,7-9H2,1-2H3. The van der Waals surface area contributed by atoms with Crippen LogP contribution in [0.1, 0.15) is 12.0 Å². The predicted octanol–water partition coefficient (Wildman–Crippen LogP) is 2.49. The molecule has 0 N–H and O–H groups in total. The average molecular weight is 240 g/mol. The van der Waals surface area contributed by atoms with Gasteiger partial charge in [0, 0.05) is 11.5 Å². The fourth-order valence-corrected chi connectivity index (χ4v) is 2.05. The molecule has 0 atom stereocenters. The first-order valence-electron chi connectivity index (χ1n) is 5.03. The number of ether oxygens (including phenoxy) is 2. The molecular formula is C12H16O3S. The van der Waals surface area contributed by atoms with Crippen LogP contribution in [0.4, 0.5) is 0 Å². The fraction of sp³-hybridized carbons (Fsp3) is 0.417. The zero-order valence-electron chi connectivity index (χ0n) is 9.56. The first-order chi connectivity index (χ1) is 7.76. The van der Waals surface area contributed by atoms with Crippen LogP contribution in [0.15, 0.2) is 24.3 Å². The molecule has 0 aliphatic carbocycles. The monoisotopic (exact) mass is 240 g/mol. The number of methoxy groups -OCH3 is 2. The Labute approximate surface area is 100 Å². The van der Waals surface area contributed by atoms with E-state index in [4.69, 9.17) is 4.74 Å². The molecule has 0 radical (unpaired) electrons. The zero-order valence-corrected chi connectivity index (χ0v) is 10.4. The molecular weight excluding hydrogens is 224 g/mol. The van der Waals surface area contributed by atoms with Crippen molar-refractivity contribution in [1.29, 1.82) is 0 Å². The van der Waals surface area contributed by atoms with Gasteiger partial charge >= 0.3 is 5.97 Å². The van der Waals surface area contributed by atoms with Crippen LogP contribution in [0.2, 0.25) is 0 Å². The van der Waals surface area contributed by atoms with Crippen molar-refractivity contribution in [3.05, 3.63) is 29.8 Å². The number of carbonyl (C=O) groups is 1. The van der Waals surface area contributed by atoms with Crippen LogP contribution in [0.5, 0.6) is 5.75 Å². The third-order valence-corrected chi connectivity index (χ3v) is 3.14. The molecule has 1 aromatic carbocycles. The van der Waals surface area contributed by atoms with Crippen LogP contribution >= 0.6 is 11.8 Å². The summed E-state index contributed by atoms with van der Waals surface area (Å²) in [6.07, 6.45) is 0.470. The Morgan fingerprint density at radius 1 is 1.25 bits per heavy atom. The minimum Gasteiger partial charge on any atom is -0.497 e. The lowest BCUT2D eigenvalue weighted by Crippen LogP contribution is -2.01. The van der Waals surface area contributed by atoms with Gasteiger partial charge in [0.2, 0.25) is 0 Å². The van der Waals surface area contributed by atoms with E-state index in [9.17, 15) is 4.79 Å². The Balaban J connectivity index is 2.24. The van der Waals surface area contributed by atoms with Gasteiger partial charge in [-0.1, -0.05) is 12.1 Å². The van der Waals surface area contributed by atoms with Crippen molar-refractivity contribution in [2.24, 2.45) is 0 Å². The van der Waals surface area contributed by atoms with Crippen molar-refractivity contribution in [3.63, 3.8) is 0 Å². The van der Waals surface area contributed by atoms with Gasteiger partial charge in [-0.2, -0.15) is 11.8 Å². The highest BCUT2D eigenvalue weighted by atomic mass is 32.2. The van der Waals surface area contributed by atoms with Gasteiger partial charge in [-0.25, -0.2) is 0 Å². The second-order valence-electron chi connectivity index (χ2n) is 3.23. The topological polar surface area (TPSA) is 35.5 Å². The van der Waals surface area contributed by atoms with Crippen LogP contribution < -0.4 is 4.74 Å². The number of carbonyl (C=O) groups excluding carboxylic acids is 1. The quantitative estimate of drug-likeness (QED) is 0.565. The summed E-state index contributed by atoms with van der Waals surface area (Å²) >= 11 is 1.72. The normalized spacial score (nSPS) is 9.88. The first-order valence-corrected chi connectivity index (χ1v) is 6.19. The molecule has 0 unspecified atom stereocenters. The molecule has 0 amide bonds. The molecule has 0 bridgehead atoms. The highest BCUT2D eigenvalue weighted by Gasteiger charge is 2.00. The number of hydrogen-bond acceptors (Lipinski definition) is 4. The van der Waals surface area contributed by atoms with E-state index < -0.39 is 0 Å². The van der Waals surface area contributed by atoms with Crippen molar-refractivity contribution in [2.45, 2.75) is 12.2 Å². The van der Waals surface area contributed by atoms with Crippen molar-refractivity contribution in [3.8, 4) is 5.75 Å². The van der Waals surface area contributed by atoms with Crippen molar-refractivity contribution < 1.29 is 14.3 Å². The van der Waals surface area contributed by atoms with E-state index in [1.54, 1.807) is 18.9 Å². The van der Waals surface area contributed by atoms with Crippen LogP contribution in [0.25, 0.3) is 0 Å². The van der Waals surface area contributed by atoms with E-state index in [1.807, 2.05) is 24.3 Å². The molecule has 0 saturated carbocycles. The molecule has 88 valence electrons. The molecule has 16 heavy (non-hydrogen) atoms. The molecule has 1 aromatic rings. The van der Waals surface area contributed by atoms with Gasteiger partial charge in [0.1, 0.15) is 5.75 Å². The molecule has 0 saturated heterocycles. The zero-order chi connectivity index (χ0) is 11.8. The van der Waals surface area contributed by atoms with Gasteiger partial charge in [-0.05, 0) is 17.7 Å². The van der Waals surface area contributed by atoms with Gasteiger partial charge in [-0.3, -0.25) is 4.79 Å². The summed E-state index contributed by atoms with van der Waals surface area (Å²) in [6.45, 7) is 0. The highest BCUT2D eigenvalue weighted by molar-refractivity contribution is 7.98. The number of thioether (sulfide) groups is 1. The lowest BCUT2D eigenvalue weighted by molar-refractivity contribution is -0.140. The Bertz CT molecular complexity index is 322. The van der Waals surface area contributed by atoms with Crippen molar-refractivity contribution >= 4 is 17.7 Å². The number of rotatable bonds is 6. The summed E-state index contributed by atoms with van der Waals surface area (Å²) in [5.74, 6) is 2.41. The van der Waals surface area contributed by atoms with Crippen LogP contribution in [0.3, 0.4) is 0 Å². The molecule has 0 aromatic heterocycles. The van der Waals surface area contributed by atoms with Gasteiger partial charge in [-0.15, -0.1) is 0 Å². The second kappa shape index (κ2) is 7.17. The maximum atomic E-state index is 10.9.